The Labute approximate surface area is 141 Å². The standard InChI is InChI=1S/C17H24ClFN2O2/c1-11(20(2)10-16(22)12-7-8-12)17(23)21(3)9-13-14(18)5-4-6-15(13)19/h4-6,11-12,16,22H,7-10H2,1-3H3. The van der Waals surface area contributed by atoms with Gasteiger partial charge in [0.15, 0.2) is 0 Å². The summed E-state index contributed by atoms with van der Waals surface area (Å²) in [5.74, 6) is -0.174. The van der Waals surface area contributed by atoms with Crippen LogP contribution in [-0.4, -0.2) is 53.6 Å². The normalized spacial score (nSPS) is 17.2. The van der Waals surface area contributed by atoms with Crippen LogP contribution >= 0.6 is 11.6 Å². The molecule has 0 heterocycles. The van der Waals surface area contributed by atoms with E-state index in [2.05, 4.69) is 0 Å². The SMILES string of the molecule is CC(C(=O)N(C)Cc1c(F)cccc1Cl)N(C)CC(O)C1CC1. The molecule has 0 aromatic heterocycles. The van der Waals surface area contributed by atoms with Crippen LogP contribution in [0.2, 0.25) is 5.02 Å². The summed E-state index contributed by atoms with van der Waals surface area (Å²) < 4.78 is 13.8. The third kappa shape index (κ3) is 4.66. The molecule has 2 unspecified atom stereocenters. The molecule has 128 valence electrons. The Bertz CT molecular complexity index is 545. The zero-order chi connectivity index (χ0) is 17.1. The summed E-state index contributed by atoms with van der Waals surface area (Å²) in [5, 5.41) is 10.3. The highest BCUT2D eigenvalue weighted by atomic mass is 35.5. The van der Waals surface area contributed by atoms with Crippen molar-refractivity contribution in [3.05, 3.63) is 34.6 Å². The molecule has 0 bridgehead atoms. The van der Waals surface area contributed by atoms with Gasteiger partial charge in [-0.25, -0.2) is 4.39 Å². The summed E-state index contributed by atoms with van der Waals surface area (Å²) in [6.45, 7) is 2.38. The second kappa shape index (κ2) is 7.60. The maximum absolute atomic E-state index is 13.8. The number of aliphatic hydroxyl groups is 1. The first kappa shape index (κ1) is 18.2. The summed E-state index contributed by atoms with van der Waals surface area (Å²) >= 11 is 6.01. The van der Waals surface area contributed by atoms with Crippen LogP contribution in [0.1, 0.15) is 25.3 Å². The number of amides is 1. The molecule has 0 saturated heterocycles. The average molecular weight is 343 g/mol. The van der Waals surface area contributed by atoms with Crippen molar-refractivity contribution >= 4 is 17.5 Å². The summed E-state index contributed by atoms with van der Waals surface area (Å²) in [4.78, 5) is 15.8. The lowest BCUT2D eigenvalue weighted by Crippen LogP contribution is -2.46. The van der Waals surface area contributed by atoms with Crippen molar-refractivity contribution in [1.82, 2.24) is 9.80 Å². The second-order valence-corrected chi connectivity index (χ2v) is 6.82. The van der Waals surface area contributed by atoms with Gasteiger partial charge in [-0.1, -0.05) is 17.7 Å². The largest absolute Gasteiger partial charge is 0.392 e. The molecule has 1 aliphatic carbocycles. The molecule has 4 nitrogen and oxygen atoms in total. The number of hydrogen-bond acceptors (Lipinski definition) is 3. The van der Waals surface area contributed by atoms with Crippen molar-refractivity contribution in [3.63, 3.8) is 0 Å². The first-order valence-electron chi connectivity index (χ1n) is 7.87. The van der Waals surface area contributed by atoms with Gasteiger partial charge in [0.25, 0.3) is 0 Å². The molecule has 1 amide bonds. The van der Waals surface area contributed by atoms with E-state index in [0.717, 1.165) is 12.8 Å². The Morgan fingerprint density at radius 3 is 2.65 bits per heavy atom. The van der Waals surface area contributed by atoms with Crippen LogP contribution in [0.5, 0.6) is 0 Å². The van der Waals surface area contributed by atoms with E-state index in [1.54, 1.807) is 26.1 Å². The fourth-order valence-electron chi connectivity index (χ4n) is 2.59. The molecular weight excluding hydrogens is 319 g/mol. The highest BCUT2D eigenvalue weighted by Crippen LogP contribution is 2.33. The number of rotatable bonds is 7. The lowest BCUT2D eigenvalue weighted by molar-refractivity contribution is -0.135. The van der Waals surface area contributed by atoms with E-state index in [-0.39, 0.29) is 24.6 Å². The van der Waals surface area contributed by atoms with Gasteiger partial charge in [0, 0.05) is 30.7 Å². The Morgan fingerprint density at radius 2 is 2.09 bits per heavy atom. The van der Waals surface area contributed by atoms with Gasteiger partial charge in [0.05, 0.1) is 12.1 Å². The van der Waals surface area contributed by atoms with E-state index in [1.807, 2.05) is 11.9 Å². The van der Waals surface area contributed by atoms with E-state index in [1.165, 1.54) is 11.0 Å². The van der Waals surface area contributed by atoms with Crippen LogP contribution < -0.4 is 0 Å². The maximum atomic E-state index is 13.8. The summed E-state index contributed by atoms with van der Waals surface area (Å²) in [5.41, 5.74) is 0.317. The predicted molar refractivity (Wildman–Crippen MR) is 88.7 cm³/mol. The summed E-state index contributed by atoms with van der Waals surface area (Å²) in [7, 11) is 3.45. The number of hydrogen-bond donors (Lipinski definition) is 1. The highest BCUT2D eigenvalue weighted by Gasteiger charge is 2.32. The number of nitrogens with zero attached hydrogens (tertiary/aromatic N) is 2. The Morgan fingerprint density at radius 1 is 1.43 bits per heavy atom. The maximum Gasteiger partial charge on any atom is 0.239 e. The second-order valence-electron chi connectivity index (χ2n) is 6.41. The quantitative estimate of drug-likeness (QED) is 0.828. The van der Waals surface area contributed by atoms with Crippen molar-refractivity contribution in [2.75, 3.05) is 20.6 Å². The summed E-state index contributed by atoms with van der Waals surface area (Å²) in [6, 6.07) is 4.10. The van der Waals surface area contributed by atoms with Crippen LogP contribution in [0.4, 0.5) is 4.39 Å². The fourth-order valence-corrected chi connectivity index (χ4v) is 2.81. The van der Waals surface area contributed by atoms with Gasteiger partial charge in [0.1, 0.15) is 5.82 Å². The molecule has 1 aromatic rings. The highest BCUT2D eigenvalue weighted by molar-refractivity contribution is 6.31. The lowest BCUT2D eigenvalue weighted by Gasteiger charge is -2.29. The number of likely N-dealkylation sites (N-methyl/N-ethyl adjacent to an activating group) is 2. The van der Waals surface area contributed by atoms with Gasteiger partial charge in [0.2, 0.25) is 5.91 Å². The molecule has 1 fully saturated rings. The molecular formula is C17H24ClFN2O2. The smallest absolute Gasteiger partial charge is 0.239 e. The predicted octanol–water partition coefficient (Wildman–Crippen LogP) is 2.53. The van der Waals surface area contributed by atoms with Gasteiger partial charge >= 0.3 is 0 Å². The molecule has 2 atom stereocenters. The lowest BCUT2D eigenvalue weighted by atomic mass is 10.1. The first-order chi connectivity index (χ1) is 10.8. The van der Waals surface area contributed by atoms with Crippen LogP contribution in [0, 0.1) is 11.7 Å². The van der Waals surface area contributed by atoms with Gasteiger partial charge in [-0.3, -0.25) is 9.69 Å². The topological polar surface area (TPSA) is 43.8 Å². The molecule has 0 spiro atoms. The molecule has 1 aromatic carbocycles. The number of aliphatic hydroxyl groups excluding tert-OH is 1. The van der Waals surface area contributed by atoms with Crippen LogP contribution in [0.25, 0.3) is 0 Å². The fraction of sp³-hybridized carbons (Fsp3) is 0.588. The van der Waals surface area contributed by atoms with Crippen molar-refractivity contribution in [2.24, 2.45) is 5.92 Å². The zero-order valence-electron chi connectivity index (χ0n) is 13.8. The van der Waals surface area contributed by atoms with E-state index in [0.29, 0.717) is 23.0 Å². The minimum Gasteiger partial charge on any atom is -0.392 e. The minimum atomic E-state index is -0.415. The monoisotopic (exact) mass is 342 g/mol. The third-order valence-corrected chi connectivity index (χ3v) is 4.85. The molecule has 0 aliphatic heterocycles. The Kier molecular flexibility index (Phi) is 6.00. The molecule has 1 saturated carbocycles. The minimum absolute atomic E-state index is 0.119. The molecule has 2 rings (SSSR count). The average Bonchev–Trinajstić information content (AvgIpc) is 3.34. The molecule has 6 heteroatoms. The number of benzene rings is 1. The molecule has 1 N–H and O–H groups in total. The zero-order valence-corrected chi connectivity index (χ0v) is 14.6. The first-order valence-corrected chi connectivity index (χ1v) is 8.25. The summed E-state index contributed by atoms with van der Waals surface area (Å²) in [6.07, 6.45) is 1.73. The van der Waals surface area contributed by atoms with Gasteiger partial charge in [-0.2, -0.15) is 0 Å². The van der Waals surface area contributed by atoms with E-state index >= 15 is 0 Å². The van der Waals surface area contributed by atoms with E-state index in [4.69, 9.17) is 11.6 Å². The Hall–Kier alpha value is -1.17. The van der Waals surface area contributed by atoms with Gasteiger partial charge < -0.3 is 10.0 Å². The van der Waals surface area contributed by atoms with Crippen molar-refractivity contribution in [3.8, 4) is 0 Å². The molecule has 1 aliphatic rings. The van der Waals surface area contributed by atoms with Gasteiger partial charge in [-0.05, 0) is 44.9 Å². The molecule has 23 heavy (non-hydrogen) atoms. The third-order valence-electron chi connectivity index (χ3n) is 4.49. The van der Waals surface area contributed by atoms with Crippen LogP contribution in [0.3, 0.4) is 0 Å². The van der Waals surface area contributed by atoms with Crippen LogP contribution in [-0.2, 0) is 11.3 Å². The Balaban J connectivity index is 1.95. The number of halogens is 2. The number of carbonyl (C=O) groups excluding carboxylic acids is 1. The van der Waals surface area contributed by atoms with Crippen molar-refractivity contribution < 1.29 is 14.3 Å². The van der Waals surface area contributed by atoms with E-state index < -0.39 is 5.82 Å². The van der Waals surface area contributed by atoms with Crippen molar-refractivity contribution in [1.29, 1.82) is 0 Å². The molecule has 0 radical (unpaired) electrons. The van der Waals surface area contributed by atoms with E-state index in [9.17, 15) is 14.3 Å². The van der Waals surface area contributed by atoms with Crippen LogP contribution in [0.15, 0.2) is 18.2 Å². The van der Waals surface area contributed by atoms with Gasteiger partial charge in [-0.15, -0.1) is 0 Å². The number of carbonyl (C=O) groups is 1. The van der Waals surface area contributed by atoms with Crippen molar-refractivity contribution in [2.45, 2.75) is 38.5 Å².